The Bertz CT molecular complexity index is 2270. The molecule has 0 radical (unpaired) electrons. The molecule has 0 bridgehead atoms. The minimum Gasteiger partial charge on any atom is -0.483 e. The van der Waals surface area contributed by atoms with Gasteiger partial charge in [-0.1, -0.05) is 25.0 Å². The van der Waals surface area contributed by atoms with E-state index in [4.69, 9.17) is 23.9 Å². The largest absolute Gasteiger partial charge is 0.483 e. The Morgan fingerprint density at radius 3 is 2.50 bits per heavy atom. The Kier molecular flexibility index (Phi) is 9.75. The van der Waals surface area contributed by atoms with Crippen LogP contribution in [0.3, 0.4) is 0 Å². The third-order valence-electron chi connectivity index (χ3n) is 14.6. The number of carbonyl (C=O) groups excluding carboxylic acids is 4. The van der Waals surface area contributed by atoms with E-state index in [0.29, 0.717) is 68.6 Å². The summed E-state index contributed by atoms with van der Waals surface area (Å²) in [6.07, 6.45) is 14.7. The zero-order valence-corrected chi connectivity index (χ0v) is 35.0. The lowest BCUT2D eigenvalue weighted by Gasteiger charge is -2.48. The van der Waals surface area contributed by atoms with Crippen LogP contribution in [0, 0.1) is 5.92 Å². The molecule has 8 aliphatic rings. The van der Waals surface area contributed by atoms with Gasteiger partial charge in [-0.05, 0) is 115 Å². The van der Waals surface area contributed by atoms with E-state index in [1.165, 1.54) is 4.90 Å². The van der Waals surface area contributed by atoms with E-state index in [-0.39, 0.29) is 38.2 Å². The number of sulfonamides is 1. The first-order valence-electron chi connectivity index (χ1n) is 22.1. The highest BCUT2D eigenvalue weighted by Crippen LogP contribution is 2.54. The first-order valence-corrected chi connectivity index (χ1v) is 23.6. The third kappa shape index (κ3) is 6.94. The van der Waals surface area contributed by atoms with Crippen molar-refractivity contribution in [3.63, 3.8) is 0 Å². The average molecular weight is 846 g/mol. The molecule has 4 aliphatic carbocycles. The summed E-state index contributed by atoms with van der Waals surface area (Å²) in [7, 11) is -4.01. The highest BCUT2D eigenvalue weighted by molar-refractivity contribution is 7.91. The number of nitrogens with one attached hydrogen (secondary N) is 3. The Morgan fingerprint density at radius 1 is 0.950 bits per heavy atom. The topological polar surface area (TPSA) is 192 Å². The molecule has 322 valence electrons. The van der Waals surface area contributed by atoms with Gasteiger partial charge in [0.2, 0.25) is 28.6 Å². The molecule has 1 saturated heterocycles. The summed E-state index contributed by atoms with van der Waals surface area (Å²) < 4.78 is 52.8. The van der Waals surface area contributed by atoms with Gasteiger partial charge in [-0.15, -0.1) is 0 Å². The van der Waals surface area contributed by atoms with Crippen molar-refractivity contribution < 1.29 is 46.5 Å². The normalized spacial score (nSPS) is 31.1. The van der Waals surface area contributed by atoms with Crippen LogP contribution in [-0.4, -0.2) is 89.5 Å². The monoisotopic (exact) mass is 845 g/mol. The summed E-state index contributed by atoms with van der Waals surface area (Å²) in [6.45, 7) is 1.78. The molecule has 1 spiro atoms. The molecule has 5 fully saturated rings. The Morgan fingerprint density at radius 2 is 1.75 bits per heavy atom. The van der Waals surface area contributed by atoms with E-state index in [1.807, 2.05) is 24.3 Å². The predicted molar refractivity (Wildman–Crippen MR) is 218 cm³/mol. The Hall–Kier alpha value is -4.60. The van der Waals surface area contributed by atoms with Crippen molar-refractivity contribution in [1.29, 1.82) is 0 Å². The standard InChI is InChI=1S/C44H55N5O10S/c1-42(21-22-42)60(54,55)48-40(52)44-20-17-27(44)9-5-3-2-4-6-12-31(46-41(53)58-28-10-7-8-11-28)39(51)49-24-43(23-32(49)38(50)47-44)19-18-29-34-30(15-16-33-37(34)57-25-56-33)45-35(26-13-14-26)36(29)59-43/h5,9,15-16,26-28,31-32H,2-4,6-8,10-14,17-25H2,1H3,(H,46,53)(H,47,50)(H,48,52). The fourth-order valence-electron chi connectivity index (χ4n) is 10.3. The Balaban J connectivity index is 1.01. The van der Waals surface area contributed by atoms with Gasteiger partial charge in [-0.3, -0.25) is 19.1 Å². The van der Waals surface area contributed by atoms with E-state index < -0.39 is 67.7 Å². The molecule has 5 unspecified atom stereocenters. The van der Waals surface area contributed by atoms with E-state index in [2.05, 4.69) is 15.4 Å². The van der Waals surface area contributed by atoms with Crippen LogP contribution in [0.15, 0.2) is 24.3 Å². The number of pyridine rings is 1. The van der Waals surface area contributed by atoms with Gasteiger partial charge in [0.25, 0.3) is 5.91 Å². The van der Waals surface area contributed by atoms with Crippen molar-refractivity contribution >= 4 is 44.7 Å². The maximum Gasteiger partial charge on any atom is 0.408 e. The molecule has 5 heterocycles. The van der Waals surface area contributed by atoms with Crippen molar-refractivity contribution in [3.05, 3.63) is 35.5 Å². The maximum atomic E-state index is 15.0. The number of fused-ring (bicyclic) bond motifs is 7. The van der Waals surface area contributed by atoms with Crippen molar-refractivity contribution in [2.45, 2.75) is 162 Å². The molecule has 5 atom stereocenters. The van der Waals surface area contributed by atoms with Crippen molar-refractivity contribution in [2.24, 2.45) is 5.92 Å². The van der Waals surface area contributed by atoms with E-state index in [1.54, 1.807) is 6.92 Å². The summed E-state index contributed by atoms with van der Waals surface area (Å²) in [5.41, 5.74) is 0.0861. The quantitative estimate of drug-likeness (QED) is 0.319. The van der Waals surface area contributed by atoms with Crippen LogP contribution in [0.1, 0.15) is 133 Å². The molecule has 2 aromatic rings. The van der Waals surface area contributed by atoms with Gasteiger partial charge in [-0.2, -0.15) is 0 Å². The molecule has 4 aliphatic heterocycles. The number of hydrogen-bond acceptors (Lipinski definition) is 11. The van der Waals surface area contributed by atoms with Gasteiger partial charge in [-0.25, -0.2) is 18.2 Å². The van der Waals surface area contributed by atoms with Crippen LogP contribution >= 0.6 is 0 Å². The van der Waals surface area contributed by atoms with Gasteiger partial charge in [0.05, 0.1) is 27.9 Å². The number of benzene rings is 1. The van der Waals surface area contributed by atoms with E-state index >= 15 is 9.59 Å². The van der Waals surface area contributed by atoms with Gasteiger partial charge in [0.15, 0.2) is 11.5 Å². The van der Waals surface area contributed by atoms with E-state index in [9.17, 15) is 18.0 Å². The number of alkyl carbamates (subject to hydrolysis) is 1. The smallest absolute Gasteiger partial charge is 0.408 e. The lowest BCUT2D eigenvalue weighted by molar-refractivity contribution is -0.144. The lowest BCUT2D eigenvalue weighted by Crippen LogP contribution is -2.70. The third-order valence-corrected chi connectivity index (χ3v) is 16.8. The predicted octanol–water partition coefficient (Wildman–Crippen LogP) is 5.33. The number of carbonyl (C=O) groups is 4. The summed E-state index contributed by atoms with van der Waals surface area (Å²) in [4.78, 5) is 64.3. The highest BCUT2D eigenvalue weighted by Gasteiger charge is 2.60. The molecule has 1 aromatic heterocycles. The van der Waals surface area contributed by atoms with Crippen molar-refractivity contribution in [2.75, 3.05) is 13.3 Å². The molecule has 4 amide bonds. The first-order chi connectivity index (χ1) is 28.9. The van der Waals surface area contributed by atoms with Crippen LogP contribution in [0.2, 0.25) is 0 Å². The number of aromatic nitrogens is 1. The first kappa shape index (κ1) is 39.5. The number of nitrogens with zero attached hydrogens (tertiary/aromatic N) is 2. The number of allylic oxidation sites excluding steroid dienone is 1. The molecule has 15 nitrogen and oxygen atoms in total. The molecule has 16 heteroatoms. The van der Waals surface area contributed by atoms with Gasteiger partial charge < -0.3 is 34.5 Å². The maximum absolute atomic E-state index is 15.0. The number of rotatable bonds is 6. The fourth-order valence-corrected chi connectivity index (χ4v) is 11.7. The SMILES string of the molecule is CC1(S(=O)(=O)NC(=O)C23CCC2C=CCCCCCC(NC(=O)OC2CCCC2)C(=O)N2CC4(CCc5c(c(C6CC6)nc6ccc7c(c56)OCO7)O4)CC2C(=O)N3)CC1. The highest BCUT2D eigenvalue weighted by atomic mass is 32.2. The van der Waals surface area contributed by atoms with Crippen molar-refractivity contribution in [3.8, 4) is 17.2 Å². The second-order valence-corrected chi connectivity index (χ2v) is 21.0. The van der Waals surface area contributed by atoms with Gasteiger partial charge in [0.1, 0.15) is 35.1 Å². The number of ether oxygens (including phenoxy) is 4. The van der Waals surface area contributed by atoms with Gasteiger partial charge >= 0.3 is 6.09 Å². The fraction of sp³-hybridized carbons (Fsp3) is 0.659. The minimum absolute atomic E-state index is 0.0587. The average Bonchev–Trinajstić information content (AvgIpc) is 4.03. The summed E-state index contributed by atoms with van der Waals surface area (Å²) in [5.74, 6) is -0.0420. The zero-order chi connectivity index (χ0) is 41.4. The molecular formula is C44H55N5O10S. The number of amides is 4. The number of hydrogen-bond donors (Lipinski definition) is 3. The summed E-state index contributed by atoms with van der Waals surface area (Å²) >= 11 is 0. The lowest BCUT2D eigenvalue weighted by atomic mass is 9.65. The molecule has 3 N–H and O–H groups in total. The molecule has 4 saturated carbocycles. The van der Waals surface area contributed by atoms with Crippen LogP contribution in [-0.2, 0) is 35.6 Å². The van der Waals surface area contributed by atoms with Gasteiger partial charge in [0, 0.05) is 23.8 Å². The summed E-state index contributed by atoms with van der Waals surface area (Å²) in [6, 6.07) is 1.77. The van der Waals surface area contributed by atoms with Crippen LogP contribution in [0.25, 0.3) is 10.9 Å². The zero-order valence-electron chi connectivity index (χ0n) is 34.2. The van der Waals surface area contributed by atoms with Crippen LogP contribution in [0.5, 0.6) is 17.2 Å². The number of aryl methyl sites for hydroxylation is 1. The van der Waals surface area contributed by atoms with Crippen LogP contribution in [0.4, 0.5) is 4.79 Å². The second kappa shape index (κ2) is 14.8. The Labute approximate surface area is 350 Å². The van der Waals surface area contributed by atoms with E-state index in [0.717, 1.165) is 73.5 Å². The molecule has 10 rings (SSSR count). The summed E-state index contributed by atoms with van der Waals surface area (Å²) in [5, 5.41) is 6.79. The molecule has 60 heavy (non-hydrogen) atoms. The molecular weight excluding hydrogens is 791 g/mol. The van der Waals surface area contributed by atoms with Crippen molar-refractivity contribution in [1.82, 2.24) is 25.2 Å². The minimum atomic E-state index is -4.01. The second-order valence-electron chi connectivity index (χ2n) is 18.8. The molecule has 1 aromatic carbocycles. The van der Waals surface area contributed by atoms with Crippen LogP contribution < -0.4 is 29.6 Å².